The Kier molecular flexibility index (Phi) is 1.48. The summed E-state index contributed by atoms with van der Waals surface area (Å²) in [6.07, 6.45) is 0.847. The van der Waals surface area contributed by atoms with Crippen LogP contribution in [0.4, 0.5) is 9.59 Å². The lowest BCUT2D eigenvalue weighted by Gasteiger charge is -2.22. The second kappa shape index (κ2) is 2.53. The molecule has 0 amide bonds. The minimum atomic E-state index is -0.987. The highest BCUT2D eigenvalue weighted by Crippen LogP contribution is 2.58. The van der Waals surface area contributed by atoms with Gasteiger partial charge in [-0.1, -0.05) is 6.92 Å². The summed E-state index contributed by atoms with van der Waals surface area (Å²) in [5, 5.41) is 0. The molecule has 0 radical (unpaired) electrons. The van der Waals surface area contributed by atoms with Crippen molar-refractivity contribution in [2.24, 2.45) is 11.3 Å². The van der Waals surface area contributed by atoms with Crippen LogP contribution in [0.3, 0.4) is 0 Å². The predicted molar refractivity (Wildman–Crippen MR) is 46.5 cm³/mol. The summed E-state index contributed by atoms with van der Waals surface area (Å²) in [6, 6.07) is 0. The van der Waals surface area contributed by atoms with Gasteiger partial charge in [0, 0.05) is 11.3 Å². The van der Waals surface area contributed by atoms with Crippen molar-refractivity contribution in [3.8, 4) is 0 Å². The van der Waals surface area contributed by atoms with Crippen molar-refractivity contribution < 1.29 is 23.8 Å². The fourth-order valence-corrected chi connectivity index (χ4v) is 2.74. The van der Waals surface area contributed by atoms with E-state index in [2.05, 4.69) is 4.74 Å². The first-order chi connectivity index (χ1) is 7.08. The van der Waals surface area contributed by atoms with Crippen LogP contribution in [0, 0.1) is 11.3 Å². The number of fused-ring (bicyclic) bond motifs is 4. The van der Waals surface area contributed by atoms with Gasteiger partial charge >= 0.3 is 12.3 Å². The van der Waals surface area contributed by atoms with E-state index in [9.17, 15) is 9.59 Å². The first kappa shape index (κ1) is 8.76. The summed E-state index contributed by atoms with van der Waals surface area (Å²) >= 11 is 0. The molecular weight excluding hydrogens is 200 g/mol. The Morgan fingerprint density at radius 2 is 1.93 bits per heavy atom. The SMILES string of the molecule is CC12CCC(C1)C1=C2OC(=O)OC(=O)O1. The lowest BCUT2D eigenvalue weighted by molar-refractivity contribution is 0.0686. The molecule has 1 aliphatic heterocycles. The van der Waals surface area contributed by atoms with Crippen LogP contribution >= 0.6 is 0 Å². The molecule has 1 heterocycles. The van der Waals surface area contributed by atoms with Gasteiger partial charge in [0.1, 0.15) is 0 Å². The van der Waals surface area contributed by atoms with E-state index in [0.29, 0.717) is 11.5 Å². The second-order valence-corrected chi connectivity index (χ2v) is 4.50. The monoisotopic (exact) mass is 210 g/mol. The van der Waals surface area contributed by atoms with Gasteiger partial charge in [0.2, 0.25) is 0 Å². The molecule has 2 unspecified atom stereocenters. The van der Waals surface area contributed by atoms with Gasteiger partial charge in [0.25, 0.3) is 0 Å². The van der Waals surface area contributed by atoms with Crippen LogP contribution in [0.5, 0.6) is 0 Å². The van der Waals surface area contributed by atoms with Crippen LogP contribution in [0.2, 0.25) is 0 Å². The maximum atomic E-state index is 11.1. The lowest BCUT2D eigenvalue weighted by Crippen LogP contribution is -2.18. The van der Waals surface area contributed by atoms with E-state index < -0.39 is 12.3 Å². The molecular formula is C10H10O5. The number of hydrogen-bond donors (Lipinski definition) is 0. The molecule has 2 atom stereocenters. The van der Waals surface area contributed by atoms with Crippen molar-refractivity contribution in [3.63, 3.8) is 0 Å². The van der Waals surface area contributed by atoms with Crippen LogP contribution < -0.4 is 0 Å². The summed E-state index contributed by atoms with van der Waals surface area (Å²) in [7, 11) is 0. The summed E-state index contributed by atoms with van der Waals surface area (Å²) in [5.41, 5.74) is -0.163. The van der Waals surface area contributed by atoms with Crippen molar-refractivity contribution in [1.82, 2.24) is 0 Å². The van der Waals surface area contributed by atoms with Crippen LogP contribution in [0.25, 0.3) is 0 Å². The average molecular weight is 210 g/mol. The third-order valence-corrected chi connectivity index (χ3v) is 3.43. The summed E-state index contributed by atoms with van der Waals surface area (Å²) < 4.78 is 14.2. The molecule has 2 bridgehead atoms. The topological polar surface area (TPSA) is 61.8 Å². The molecule has 0 aromatic rings. The summed E-state index contributed by atoms with van der Waals surface area (Å²) in [5.74, 6) is 1.19. The molecule has 1 saturated carbocycles. The Hall–Kier alpha value is -1.52. The second-order valence-electron chi connectivity index (χ2n) is 4.50. The summed E-state index contributed by atoms with van der Waals surface area (Å²) in [4.78, 5) is 22.1. The van der Waals surface area contributed by atoms with E-state index in [0.717, 1.165) is 19.3 Å². The molecule has 0 N–H and O–H groups in total. The Labute approximate surface area is 86.0 Å². The molecule has 0 aromatic carbocycles. The minimum Gasteiger partial charge on any atom is -0.395 e. The van der Waals surface area contributed by atoms with Crippen molar-refractivity contribution in [3.05, 3.63) is 11.5 Å². The fourth-order valence-electron chi connectivity index (χ4n) is 2.74. The van der Waals surface area contributed by atoms with Crippen LogP contribution in [-0.2, 0) is 14.2 Å². The van der Waals surface area contributed by atoms with E-state index in [1.54, 1.807) is 0 Å². The zero-order valence-corrected chi connectivity index (χ0v) is 8.24. The molecule has 5 nitrogen and oxygen atoms in total. The molecule has 0 spiro atoms. The van der Waals surface area contributed by atoms with E-state index in [1.165, 1.54) is 0 Å². The maximum absolute atomic E-state index is 11.1. The molecule has 1 fully saturated rings. The molecule has 3 rings (SSSR count). The maximum Gasteiger partial charge on any atom is 0.523 e. The van der Waals surface area contributed by atoms with Gasteiger partial charge in [0.15, 0.2) is 11.5 Å². The van der Waals surface area contributed by atoms with E-state index in [4.69, 9.17) is 9.47 Å². The Morgan fingerprint density at radius 3 is 2.73 bits per heavy atom. The van der Waals surface area contributed by atoms with E-state index >= 15 is 0 Å². The lowest BCUT2D eigenvalue weighted by atomic mass is 9.88. The van der Waals surface area contributed by atoms with Crippen molar-refractivity contribution in [2.75, 3.05) is 0 Å². The quantitative estimate of drug-likeness (QED) is 0.453. The molecule has 0 saturated heterocycles. The Morgan fingerprint density at radius 1 is 1.20 bits per heavy atom. The van der Waals surface area contributed by atoms with Crippen LogP contribution in [-0.4, -0.2) is 12.3 Å². The number of hydrogen-bond acceptors (Lipinski definition) is 5. The number of ether oxygens (including phenoxy) is 3. The van der Waals surface area contributed by atoms with E-state index in [-0.39, 0.29) is 11.3 Å². The van der Waals surface area contributed by atoms with Gasteiger partial charge in [-0.2, -0.15) is 0 Å². The predicted octanol–water partition coefficient (Wildman–Crippen LogP) is 2.32. The van der Waals surface area contributed by atoms with Crippen molar-refractivity contribution in [1.29, 1.82) is 0 Å². The van der Waals surface area contributed by atoms with Gasteiger partial charge < -0.3 is 14.2 Å². The molecule has 80 valence electrons. The zero-order chi connectivity index (χ0) is 10.6. The third kappa shape index (κ3) is 1.09. The van der Waals surface area contributed by atoms with Gasteiger partial charge in [-0.3, -0.25) is 0 Å². The highest BCUT2D eigenvalue weighted by molar-refractivity contribution is 5.79. The number of rotatable bonds is 0. The fraction of sp³-hybridized carbons (Fsp3) is 0.600. The number of cyclic esters (lactones) is 2. The first-order valence-electron chi connectivity index (χ1n) is 4.95. The number of carbonyl (C=O) groups is 2. The smallest absolute Gasteiger partial charge is 0.395 e. The standard InChI is InChI=1S/C10H10O5/c1-10-3-2-5(4-10)6-7(10)14-9(12)15-8(11)13-6/h5H,2-4H2,1H3. The summed E-state index contributed by atoms with van der Waals surface area (Å²) in [6.45, 7) is 2.02. The Bertz CT molecular complexity index is 397. The highest BCUT2D eigenvalue weighted by Gasteiger charge is 2.53. The highest BCUT2D eigenvalue weighted by atomic mass is 16.8. The van der Waals surface area contributed by atoms with Gasteiger partial charge in [-0.25, -0.2) is 9.59 Å². The molecule has 15 heavy (non-hydrogen) atoms. The van der Waals surface area contributed by atoms with Gasteiger partial charge in [-0.15, -0.1) is 0 Å². The normalized spacial score (nSPS) is 38.1. The van der Waals surface area contributed by atoms with Crippen LogP contribution in [0.1, 0.15) is 26.2 Å². The number of carbonyl (C=O) groups excluding carboxylic acids is 2. The molecule has 5 heteroatoms. The van der Waals surface area contributed by atoms with Crippen molar-refractivity contribution >= 4 is 12.3 Å². The van der Waals surface area contributed by atoms with Gasteiger partial charge in [0.05, 0.1) is 0 Å². The molecule has 2 aliphatic carbocycles. The third-order valence-electron chi connectivity index (χ3n) is 3.43. The van der Waals surface area contributed by atoms with Crippen LogP contribution in [0.15, 0.2) is 11.5 Å². The van der Waals surface area contributed by atoms with Gasteiger partial charge in [-0.05, 0) is 19.3 Å². The zero-order valence-electron chi connectivity index (χ0n) is 8.24. The largest absolute Gasteiger partial charge is 0.523 e. The van der Waals surface area contributed by atoms with Crippen molar-refractivity contribution in [2.45, 2.75) is 26.2 Å². The number of allylic oxidation sites excluding steroid dienone is 2. The molecule has 3 aliphatic rings. The van der Waals surface area contributed by atoms with E-state index in [1.807, 2.05) is 6.92 Å². The molecule has 0 aromatic heterocycles. The average Bonchev–Trinajstić information content (AvgIpc) is 2.57. The minimum absolute atomic E-state index is 0.163. The first-order valence-corrected chi connectivity index (χ1v) is 4.95. The Balaban J connectivity index is 2.05.